The normalized spacial score (nSPS) is 25.4. The fourth-order valence-corrected chi connectivity index (χ4v) is 3.81. The smallest absolute Gasteiger partial charge is 0.345 e. The van der Waals surface area contributed by atoms with Gasteiger partial charge in [-0.3, -0.25) is 4.79 Å². The number of nitrogens with one attached hydrogen (secondary N) is 2. The molecule has 2 fully saturated rings. The monoisotopic (exact) mass is 437 g/mol. The number of ether oxygens (including phenoxy) is 1. The Morgan fingerprint density at radius 2 is 2.03 bits per heavy atom. The molecule has 1 aliphatic heterocycles. The molecule has 1 heterocycles. The summed E-state index contributed by atoms with van der Waals surface area (Å²) in [5, 5.41) is 4.57. The number of hydrogen-bond donors (Lipinski definition) is 2. The van der Waals surface area contributed by atoms with Crippen molar-refractivity contribution in [3.63, 3.8) is 0 Å². The van der Waals surface area contributed by atoms with Crippen molar-refractivity contribution in [3.05, 3.63) is 34.4 Å². The first-order valence-electron chi connectivity index (χ1n) is 9.11. The molecule has 2 aliphatic rings. The van der Waals surface area contributed by atoms with Gasteiger partial charge >= 0.3 is 12.6 Å². The molecular weight excluding hydrogens is 418 g/mol. The van der Waals surface area contributed by atoms with E-state index in [0.29, 0.717) is 0 Å². The van der Waals surface area contributed by atoms with Crippen molar-refractivity contribution in [3.8, 4) is 0 Å². The van der Waals surface area contributed by atoms with Gasteiger partial charge in [0.2, 0.25) is 5.91 Å². The minimum absolute atomic E-state index is 0.0561. The minimum atomic E-state index is -2.93. The lowest BCUT2D eigenvalue weighted by molar-refractivity contribution is -0.193. The molecule has 29 heavy (non-hydrogen) atoms. The van der Waals surface area contributed by atoms with Crippen LogP contribution >= 0.6 is 11.6 Å². The number of amides is 3. The first kappa shape index (κ1) is 21.6. The third-order valence-corrected chi connectivity index (χ3v) is 5.68. The number of benzene rings is 1. The van der Waals surface area contributed by atoms with E-state index >= 15 is 0 Å². The van der Waals surface area contributed by atoms with E-state index in [1.807, 2.05) is 0 Å². The number of nitrogens with zero attached hydrogens (tertiary/aromatic N) is 1. The van der Waals surface area contributed by atoms with Gasteiger partial charge in [0.05, 0.1) is 12.1 Å². The third kappa shape index (κ3) is 4.58. The van der Waals surface area contributed by atoms with Crippen LogP contribution in [0.5, 0.6) is 0 Å². The van der Waals surface area contributed by atoms with Gasteiger partial charge in [-0.1, -0.05) is 17.7 Å². The highest BCUT2D eigenvalue weighted by molar-refractivity contribution is 6.31. The SMILES string of the molecule is C[C@@H]1C(=O)NCCN1C(=O)N[C@H](c1ccc(F)c(Cl)c1F)[C@H]1C[C@@H](OC(F)F)C1. The number of alkyl halides is 2. The Balaban J connectivity index is 1.81. The lowest BCUT2D eigenvalue weighted by atomic mass is 9.74. The van der Waals surface area contributed by atoms with E-state index in [1.54, 1.807) is 6.92 Å². The molecular formula is C18H20ClF4N3O3. The number of rotatable bonds is 5. The topological polar surface area (TPSA) is 70.7 Å². The first-order valence-corrected chi connectivity index (χ1v) is 9.48. The number of halogens is 5. The standard InChI is InChI=1S/C18H20ClF4N3O3/c1-8-16(27)24-4-5-26(8)18(28)25-15(9-6-10(7-9)29-17(22)23)11-2-3-12(20)13(19)14(11)21/h2-3,8-10,15,17H,4-7H2,1H3,(H,24,27)(H,25,28)/t8-,9-,10+,15+/m1/s1. The van der Waals surface area contributed by atoms with Gasteiger partial charge in [-0.15, -0.1) is 0 Å². The maximum absolute atomic E-state index is 14.6. The number of urea groups is 1. The number of piperazine rings is 1. The zero-order chi connectivity index (χ0) is 21.3. The fourth-order valence-electron chi connectivity index (χ4n) is 3.64. The predicted octanol–water partition coefficient (Wildman–Crippen LogP) is 3.21. The second-order valence-corrected chi connectivity index (χ2v) is 7.48. The van der Waals surface area contributed by atoms with Crippen LogP contribution in [0.15, 0.2) is 12.1 Å². The minimum Gasteiger partial charge on any atom is -0.353 e. The molecule has 1 aliphatic carbocycles. The molecule has 0 bridgehead atoms. The predicted molar refractivity (Wildman–Crippen MR) is 95.4 cm³/mol. The molecule has 160 valence electrons. The molecule has 6 nitrogen and oxygen atoms in total. The largest absolute Gasteiger partial charge is 0.353 e. The lowest BCUT2D eigenvalue weighted by Crippen LogP contribution is -2.59. The average molecular weight is 438 g/mol. The Bertz CT molecular complexity index is 792. The molecule has 3 amide bonds. The third-order valence-electron chi connectivity index (χ3n) is 5.34. The summed E-state index contributed by atoms with van der Waals surface area (Å²) in [5.41, 5.74) is -0.0561. The van der Waals surface area contributed by atoms with Gasteiger partial charge in [0.1, 0.15) is 22.7 Å². The molecule has 2 N–H and O–H groups in total. The van der Waals surface area contributed by atoms with Crippen LogP contribution in [0.2, 0.25) is 5.02 Å². The van der Waals surface area contributed by atoms with Crippen LogP contribution in [0.3, 0.4) is 0 Å². The fraction of sp³-hybridized carbons (Fsp3) is 0.556. The quantitative estimate of drug-likeness (QED) is 0.549. The Morgan fingerprint density at radius 3 is 2.69 bits per heavy atom. The Labute approximate surface area is 169 Å². The van der Waals surface area contributed by atoms with Crippen LogP contribution in [0, 0.1) is 17.6 Å². The van der Waals surface area contributed by atoms with Crippen molar-refractivity contribution in [1.29, 1.82) is 0 Å². The van der Waals surface area contributed by atoms with E-state index in [9.17, 15) is 27.2 Å². The summed E-state index contributed by atoms with van der Waals surface area (Å²) in [7, 11) is 0. The maximum Gasteiger partial charge on any atom is 0.345 e. The summed E-state index contributed by atoms with van der Waals surface area (Å²) >= 11 is 5.67. The molecule has 1 aromatic carbocycles. The summed E-state index contributed by atoms with van der Waals surface area (Å²) in [6.07, 6.45) is -0.419. The van der Waals surface area contributed by atoms with Gasteiger partial charge in [0, 0.05) is 18.7 Å². The number of carbonyl (C=O) groups is 2. The lowest BCUT2D eigenvalue weighted by Gasteiger charge is -2.42. The zero-order valence-electron chi connectivity index (χ0n) is 15.4. The highest BCUT2D eigenvalue weighted by Gasteiger charge is 2.41. The second-order valence-electron chi connectivity index (χ2n) is 7.10. The second kappa shape index (κ2) is 8.74. The molecule has 1 aromatic rings. The zero-order valence-corrected chi connectivity index (χ0v) is 16.2. The van der Waals surface area contributed by atoms with Crippen LogP contribution in [0.1, 0.15) is 31.4 Å². The first-order chi connectivity index (χ1) is 13.7. The highest BCUT2D eigenvalue weighted by atomic mass is 35.5. The van der Waals surface area contributed by atoms with Crippen LogP contribution in [-0.4, -0.2) is 48.7 Å². The van der Waals surface area contributed by atoms with Gasteiger partial charge in [-0.2, -0.15) is 8.78 Å². The molecule has 3 rings (SSSR count). The molecule has 2 atom stereocenters. The van der Waals surface area contributed by atoms with E-state index in [0.717, 1.165) is 12.1 Å². The summed E-state index contributed by atoms with van der Waals surface area (Å²) in [6.45, 7) is -0.862. The van der Waals surface area contributed by atoms with Crippen molar-refractivity contribution >= 4 is 23.5 Å². The van der Waals surface area contributed by atoms with Crippen LogP contribution in [0.4, 0.5) is 22.4 Å². The Hall–Kier alpha value is -2.07. The molecule has 1 saturated heterocycles. The van der Waals surface area contributed by atoms with Crippen molar-refractivity contribution < 1.29 is 31.9 Å². The highest BCUT2D eigenvalue weighted by Crippen LogP contribution is 2.42. The van der Waals surface area contributed by atoms with E-state index in [-0.39, 0.29) is 37.4 Å². The van der Waals surface area contributed by atoms with E-state index in [1.165, 1.54) is 4.90 Å². The number of carbonyl (C=O) groups excluding carboxylic acids is 2. The van der Waals surface area contributed by atoms with Crippen LogP contribution < -0.4 is 10.6 Å². The van der Waals surface area contributed by atoms with E-state index in [2.05, 4.69) is 15.4 Å². The van der Waals surface area contributed by atoms with Crippen molar-refractivity contribution in [2.75, 3.05) is 13.1 Å². The van der Waals surface area contributed by atoms with E-state index < -0.39 is 53.4 Å². The Kier molecular flexibility index (Phi) is 6.52. The summed E-state index contributed by atoms with van der Waals surface area (Å²) in [4.78, 5) is 25.9. The molecule has 11 heteroatoms. The van der Waals surface area contributed by atoms with Gasteiger partial charge < -0.3 is 20.3 Å². The summed E-state index contributed by atoms with van der Waals surface area (Å²) in [5.74, 6) is -2.73. The van der Waals surface area contributed by atoms with Crippen molar-refractivity contribution in [1.82, 2.24) is 15.5 Å². The summed E-state index contributed by atoms with van der Waals surface area (Å²) < 4.78 is 57.4. The molecule has 0 radical (unpaired) electrons. The average Bonchev–Trinajstić information content (AvgIpc) is 2.63. The number of hydrogen-bond acceptors (Lipinski definition) is 3. The molecule has 0 unspecified atom stereocenters. The van der Waals surface area contributed by atoms with Gasteiger partial charge in [0.15, 0.2) is 0 Å². The van der Waals surface area contributed by atoms with Crippen molar-refractivity contribution in [2.24, 2.45) is 5.92 Å². The van der Waals surface area contributed by atoms with Gasteiger partial charge in [0.25, 0.3) is 0 Å². The molecule has 1 saturated carbocycles. The van der Waals surface area contributed by atoms with Gasteiger partial charge in [-0.05, 0) is 31.7 Å². The van der Waals surface area contributed by atoms with Crippen LogP contribution in [-0.2, 0) is 9.53 Å². The summed E-state index contributed by atoms with van der Waals surface area (Å²) in [6, 6.07) is -0.161. The van der Waals surface area contributed by atoms with E-state index in [4.69, 9.17) is 11.6 Å². The molecule has 0 aromatic heterocycles. The Morgan fingerprint density at radius 1 is 1.34 bits per heavy atom. The van der Waals surface area contributed by atoms with Crippen molar-refractivity contribution in [2.45, 2.75) is 44.6 Å². The molecule has 0 spiro atoms. The van der Waals surface area contributed by atoms with Gasteiger partial charge in [-0.25, -0.2) is 13.6 Å². The maximum atomic E-state index is 14.6. The van der Waals surface area contributed by atoms with Crippen LogP contribution in [0.25, 0.3) is 0 Å².